The summed E-state index contributed by atoms with van der Waals surface area (Å²) >= 11 is 0. The summed E-state index contributed by atoms with van der Waals surface area (Å²) in [6, 6.07) is 21.3. The van der Waals surface area contributed by atoms with Gasteiger partial charge in [0.05, 0.1) is 0 Å². The minimum absolute atomic E-state index is 0. The third-order valence-corrected chi connectivity index (χ3v) is 5.65. The summed E-state index contributed by atoms with van der Waals surface area (Å²) in [6.45, 7) is 0. The molecule has 3 aromatic rings. The summed E-state index contributed by atoms with van der Waals surface area (Å²) in [7, 11) is 4.42. The quantitative estimate of drug-likeness (QED) is 0.565. The molecule has 2 aromatic carbocycles. The molecule has 2 nitrogen and oxygen atoms in total. The van der Waals surface area contributed by atoms with Crippen LogP contribution in [-0.2, 0) is 6.42 Å². The van der Waals surface area contributed by atoms with Crippen molar-refractivity contribution in [3.05, 3.63) is 78.1 Å². The summed E-state index contributed by atoms with van der Waals surface area (Å²) < 4.78 is 6.07. The number of nitrogens with zero attached hydrogens (tertiary/aromatic N) is 1. The molecule has 0 fully saturated rings. The second-order valence-electron chi connectivity index (χ2n) is 7.36. The van der Waals surface area contributed by atoms with Gasteiger partial charge >= 0.3 is 0 Å². The van der Waals surface area contributed by atoms with Crippen LogP contribution in [0.25, 0.3) is 16.5 Å². The molecule has 0 radical (unpaired) electrons. The van der Waals surface area contributed by atoms with Gasteiger partial charge in [0.15, 0.2) is 0 Å². The molecule has 3 heteroatoms. The number of rotatable bonds is 4. The minimum Gasteiger partial charge on any atom is -0.456 e. The van der Waals surface area contributed by atoms with Crippen molar-refractivity contribution in [2.45, 2.75) is 31.2 Å². The number of fused-ring (bicyclic) bond motifs is 1. The summed E-state index contributed by atoms with van der Waals surface area (Å²) in [6.07, 6.45) is 6.75. The Balaban J connectivity index is 0.00000196. The first kappa shape index (κ1) is 18.8. The van der Waals surface area contributed by atoms with Crippen molar-refractivity contribution < 1.29 is 4.42 Å². The summed E-state index contributed by atoms with van der Waals surface area (Å²) in [5.74, 6) is 1.04. The van der Waals surface area contributed by atoms with Crippen LogP contribution in [0.5, 0.6) is 0 Å². The van der Waals surface area contributed by atoms with Crippen LogP contribution in [0.15, 0.2) is 71.2 Å². The van der Waals surface area contributed by atoms with Crippen molar-refractivity contribution in [1.29, 1.82) is 0 Å². The highest BCUT2D eigenvalue weighted by Gasteiger charge is 2.35. The molecular weight excluding hydrogens is 342 g/mol. The van der Waals surface area contributed by atoms with Gasteiger partial charge in [-0.15, -0.1) is 12.4 Å². The number of furan rings is 1. The van der Waals surface area contributed by atoms with E-state index in [1.54, 1.807) is 0 Å². The average molecular weight is 368 g/mol. The van der Waals surface area contributed by atoms with Crippen LogP contribution < -0.4 is 0 Å². The Labute approximate surface area is 161 Å². The van der Waals surface area contributed by atoms with Crippen LogP contribution in [0.2, 0.25) is 0 Å². The molecule has 0 aliphatic heterocycles. The van der Waals surface area contributed by atoms with Gasteiger partial charge in [-0.1, -0.05) is 54.6 Å². The maximum atomic E-state index is 6.07. The second kappa shape index (κ2) is 7.69. The Morgan fingerprint density at radius 3 is 2.38 bits per heavy atom. The van der Waals surface area contributed by atoms with Crippen molar-refractivity contribution in [2.24, 2.45) is 0 Å². The van der Waals surface area contributed by atoms with Gasteiger partial charge in [-0.2, -0.15) is 0 Å². The summed E-state index contributed by atoms with van der Waals surface area (Å²) in [5.41, 5.74) is 3.93. The minimum atomic E-state index is 0. The molecule has 0 N–H and O–H groups in total. The number of hydrogen-bond acceptors (Lipinski definition) is 2. The maximum Gasteiger partial charge on any atom is 0.134 e. The average Bonchev–Trinajstić information content (AvgIpc) is 3.07. The Morgan fingerprint density at radius 1 is 1.00 bits per heavy atom. The third-order valence-electron chi connectivity index (χ3n) is 5.65. The highest BCUT2D eigenvalue weighted by atomic mass is 35.5. The van der Waals surface area contributed by atoms with Crippen molar-refractivity contribution in [3.63, 3.8) is 0 Å². The molecule has 136 valence electrons. The van der Waals surface area contributed by atoms with Crippen LogP contribution in [-0.4, -0.2) is 24.5 Å². The van der Waals surface area contributed by atoms with E-state index in [2.05, 4.69) is 73.6 Å². The lowest BCUT2D eigenvalue weighted by Gasteiger charge is -2.42. The second-order valence-corrected chi connectivity index (χ2v) is 7.36. The van der Waals surface area contributed by atoms with E-state index in [9.17, 15) is 0 Å². The van der Waals surface area contributed by atoms with Crippen LogP contribution in [0, 0.1) is 0 Å². The monoisotopic (exact) mass is 367 g/mol. The Bertz CT molecular complexity index is 864. The predicted octanol–water partition coefficient (Wildman–Crippen LogP) is 5.97. The van der Waals surface area contributed by atoms with Gasteiger partial charge in [0.25, 0.3) is 0 Å². The molecule has 1 aliphatic rings. The molecule has 1 aliphatic carbocycles. The van der Waals surface area contributed by atoms with Gasteiger partial charge in [0.1, 0.15) is 11.3 Å². The number of para-hydroxylation sites is 1. The molecule has 0 saturated heterocycles. The molecule has 0 amide bonds. The van der Waals surface area contributed by atoms with E-state index in [1.807, 2.05) is 12.1 Å². The molecule has 1 unspecified atom stereocenters. The summed E-state index contributed by atoms with van der Waals surface area (Å²) in [4.78, 5) is 2.41. The predicted molar refractivity (Wildman–Crippen MR) is 112 cm³/mol. The zero-order chi connectivity index (χ0) is 17.3. The summed E-state index contributed by atoms with van der Waals surface area (Å²) in [5, 5.41) is 1.19. The largest absolute Gasteiger partial charge is 0.456 e. The van der Waals surface area contributed by atoms with E-state index >= 15 is 0 Å². The number of hydrogen-bond donors (Lipinski definition) is 0. The topological polar surface area (TPSA) is 16.4 Å². The normalized spacial score (nSPS) is 20.0. The smallest absolute Gasteiger partial charge is 0.134 e. The molecule has 1 atom stereocenters. The van der Waals surface area contributed by atoms with Gasteiger partial charge in [0.2, 0.25) is 0 Å². The Hall–Kier alpha value is -2.03. The van der Waals surface area contributed by atoms with Crippen molar-refractivity contribution in [1.82, 2.24) is 4.90 Å². The Morgan fingerprint density at radius 2 is 1.73 bits per heavy atom. The van der Waals surface area contributed by atoms with E-state index in [4.69, 9.17) is 4.42 Å². The number of benzene rings is 2. The fourth-order valence-corrected chi connectivity index (χ4v) is 3.95. The molecule has 1 aromatic heterocycles. The standard InChI is InChI=1S/C23H25NO.ClH/c1-24(2)23(17-18-8-4-3-5-9-18)14-12-19(13-15-23)22-16-20-10-6-7-11-21(20)25-22;/h3-12,16H,13-15,17H2,1-2H3;1H. The SMILES string of the molecule is CN(C)C1(Cc2ccccc2)CC=C(c2cc3ccccc3o2)CC1.Cl. The molecule has 26 heavy (non-hydrogen) atoms. The van der Waals surface area contributed by atoms with Gasteiger partial charge in [-0.25, -0.2) is 0 Å². The van der Waals surface area contributed by atoms with Gasteiger partial charge in [-0.05, 0) is 63.0 Å². The van der Waals surface area contributed by atoms with Crippen LogP contribution in [0.1, 0.15) is 30.6 Å². The lowest BCUT2D eigenvalue weighted by atomic mass is 9.77. The molecule has 0 spiro atoms. The first-order valence-corrected chi connectivity index (χ1v) is 9.06. The maximum absolute atomic E-state index is 6.07. The molecule has 4 rings (SSSR count). The van der Waals surface area contributed by atoms with E-state index in [0.717, 1.165) is 37.0 Å². The molecular formula is C23H26ClNO. The molecule has 0 bridgehead atoms. The van der Waals surface area contributed by atoms with E-state index in [1.165, 1.54) is 16.5 Å². The number of halogens is 1. The number of likely N-dealkylation sites (N-methyl/N-ethyl adjacent to an activating group) is 1. The lowest BCUT2D eigenvalue weighted by molar-refractivity contribution is 0.138. The number of allylic oxidation sites excluding steroid dienone is 1. The van der Waals surface area contributed by atoms with Crippen LogP contribution >= 0.6 is 12.4 Å². The van der Waals surface area contributed by atoms with Crippen molar-refractivity contribution in [3.8, 4) is 0 Å². The fourth-order valence-electron chi connectivity index (χ4n) is 3.95. The van der Waals surface area contributed by atoms with Crippen LogP contribution in [0.3, 0.4) is 0 Å². The van der Waals surface area contributed by atoms with E-state index in [-0.39, 0.29) is 17.9 Å². The highest BCUT2D eigenvalue weighted by Crippen LogP contribution is 2.39. The van der Waals surface area contributed by atoms with Crippen LogP contribution in [0.4, 0.5) is 0 Å². The van der Waals surface area contributed by atoms with E-state index in [0.29, 0.717) is 0 Å². The van der Waals surface area contributed by atoms with Crippen molar-refractivity contribution in [2.75, 3.05) is 14.1 Å². The van der Waals surface area contributed by atoms with Crippen molar-refractivity contribution >= 4 is 28.9 Å². The molecule has 0 saturated carbocycles. The first-order chi connectivity index (χ1) is 12.2. The van der Waals surface area contributed by atoms with Gasteiger partial charge < -0.3 is 9.32 Å². The van der Waals surface area contributed by atoms with E-state index < -0.39 is 0 Å². The zero-order valence-electron chi connectivity index (χ0n) is 15.4. The lowest BCUT2D eigenvalue weighted by Crippen LogP contribution is -2.47. The van der Waals surface area contributed by atoms with Gasteiger partial charge in [0, 0.05) is 10.9 Å². The fraction of sp³-hybridized carbons (Fsp3) is 0.304. The Kier molecular flexibility index (Phi) is 5.55. The van der Waals surface area contributed by atoms with Gasteiger partial charge in [-0.3, -0.25) is 0 Å². The first-order valence-electron chi connectivity index (χ1n) is 9.06. The highest BCUT2D eigenvalue weighted by molar-refractivity contribution is 5.85. The zero-order valence-corrected chi connectivity index (χ0v) is 16.3. The molecule has 1 heterocycles. The third kappa shape index (κ3) is 3.58.